The summed E-state index contributed by atoms with van der Waals surface area (Å²) in [6.07, 6.45) is 3.58. The Labute approximate surface area is 128 Å². The number of hydrogen-bond donors (Lipinski definition) is 1. The van der Waals surface area contributed by atoms with Crippen LogP contribution in [0.25, 0.3) is 0 Å². The number of rotatable bonds is 5. The third-order valence-corrected chi connectivity index (χ3v) is 4.68. The number of nitrogens with one attached hydrogen (secondary N) is 1. The molecule has 0 bridgehead atoms. The second-order valence-electron chi connectivity index (χ2n) is 5.07. The Kier molecular flexibility index (Phi) is 5.33. The molecule has 1 aromatic carbocycles. The summed E-state index contributed by atoms with van der Waals surface area (Å²) in [5, 5.41) is 12.8. The molecule has 1 saturated carbocycles. The molecule has 3 nitrogen and oxygen atoms in total. The van der Waals surface area contributed by atoms with Crippen molar-refractivity contribution in [3.05, 3.63) is 34.9 Å². The first kappa shape index (κ1) is 15.2. The van der Waals surface area contributed by atoms with Crippen molar-refractivity contribution in [2.45, 2.75) is 37.0 Å². The molecule has 0 saturated heterocycles. The van der Waals surface area contributed by atoms with Crippen LogP contribution in [0.3, 0.4) is 0 Å². The maximum Gasteiger partial charge on any atom is 0.231 e. The molecule has 0 spiro atoms. The highest BCUT2D eigenvalue weighted by Crippen LogP contribution is 2.29. The zero-order chi connectivity index (χ0) is 14.4. The van der Waals surface area contributed by atoms with E-state index >= 15 is 0 Å². The molecule has 1 aromatic rings. The minimum absolute atomic E-state index is 0.0551. The lowest BCUT2D eigenvalue weighted by atomic mass is 10.0. The van der Waals surface area contributed by atoms with Gasteiger partial charge in [0.1, 0.15) is 5.54 Å². The van der Waals surface area contributed by atoms with Gasteiger partial charge in [-0.15, -0.1) is 11.8 Å². The average molecular weight is 309 g/mol. The van der Waals surface area contributed by atoms with Crippen LogP contribution in [0, 0.1) is 11.3 Å². The minimum atomic E-state index is -0.617. The zero-order valence-corrected chi connectivity index (χ0v) is 12.8. The number of nitrogens with zero attached hydrogens (tertiary/aromatic N) is 1. The molecule has 0 unspecified atom stereocenters. The van der Waals surface area contributed by atoms with Gasteiger partial charge >= 0.3 is 0 Å². The zero-order valence-electron chi connectivity index (χ0n) is 11.2. The van der Waals surface area contributed by atoms with E-state index in [4.69, 9.17) is 11.6 Å². The fourth-order valence-corrected chi connectivity index (χ4v) is 3.42. The van der Waals surface area contributed by atoms with Crippen molar-refractivity contribution in [2.24, 2.45) is 0 Å². The van der Waals surface area contributed by atoms with E-state index in [0.29, 0.717) is 10.8 Å². The molecule has 20 heavy (non-hydrogen) atoms. The number of halogens is 1. The summed E-state index contributed by atoms with van der Waals surface area (Å²) in [6, 6.07) is 9.90. The molecule has 0 aromatic heterocycles. The Bertz CT molecular complexity index is 521. The lowest BCUT2D eigenvalue weighted by molar-refractivity contribution is -0.119. The first-order valence-corrected chi connectivity index (χ1v) is 8.21. The average Bonchev–Trinajstić information content (AvgIpc) is 2.88. The maximum atomic E-state index is 11.9. The van der Waals surface area contributed by atoms with E-state index in [2.05, 4.69) is 11.4 Å². The van der Waals surface area contributed by atoms with E-state index in [9.17, 15) is 10.1 Å². The van der Waals surface area contributed by atoms with Gasteiger partial charge in [-0.2, -0.15) is 5.26 Å². The predicted molar refractivity (Wildman–Crippen MR) is 82.6 cm³/mol. The fraction of sp³-hybridized carbons (Fsp3) is 0.467. The van der Waals surface area contributed by atoms with Crippen LogP contribution in [0.15, 0.2) is 24.3 Å². The molecule has 106 valence electrons. The SMILES string of the molecule is N#CC1(NC(=O)CSCc2cccc(Cl)c2)CCCC1. The highest BCUT2D eigenvalue weighted by Gasteiger charge is 2.35. The Morgan fingerprint density at radius 2 is 2.20 bits per heavy atom. The summed E-state index contributed by atoms with van der Waals surface area (Å²) in [7, 11) is 0. The highest BCUT2D eigenvalue weighted by molar-refractivity contribution is 7.99. The Hall–Kier alpha value is -1.18. The standard InChI is InChI=1S/C15H17ClN2OS/c16-13-5-3-4-12(8-13)9-20-10-14(19)18-15(11-17)6-1-2-7-15/h3-5,8H,1-2,6-7,9-10H2,(H,18,19). The van der Waals surface area contributed by atoms with E-state index in [-0.39, 0.29) is 5.91 Å². The molecule has 0 heterocycles. The van der Waals surface area contributed by atoms with Crippen molar-refractivity contribution >= 4 is 29.3 Å². The molecular weight excluding hydrogens is 292 g/mol. The lowest BCUT2D eigenvalue weighted by Gasteiger charge is -2.21. The molecular formula is C15H17ClN2OS. The number of carbonyl (C=O) groups excluding carboxylic acids is 1. The Morgan fingerprint density at radius 3 is 2.85 bits per heavy atom. The van der Waals surface area contributed by atoms with Gasteiger partial charge in [0.25, 0.3) is 0 Å². The van der Waals surface area contributed by atoms with Gasteiger partial charge in [0, 0.05) is 10.8 Å². The Morgan fingerprint density at radius 1 is 1.45 bits per heavy atom. The number of nitriles is 1. The molecule has 1 aliphatic carbocycles. The van der Waals surface area contributed by atoms with Gasteiger partial charge in [-0.05, 0) is 43.4 Å². The van der Waals surface area contributed by atoms with Gasteiger partial charge in [0.15, 0.2) is 0 Å². The quantitative estimate of drug-likeness (QED) is 0.905. The molecule has 0 atom stereocenters. The molecule has 0 aliphatic heterocycles. The number of hydrogen-bond acceptors (Lipinski definition) is 3. The molecule has 2 rings (SSSR count). The summed E-state index contributed by atoms with van der Waals surface area (Å²) >= 11 is 7.45. The van der Waals surface area contributed by atoms with Gasteiger partial charge in [-0.25, -0.2) is 0 Å². The largest absolute Gasteiger partial charge is 0.337 e. The normalized spacial score (nSPS) is 16.6. The van der Waals surface area contributed by atoms with Crippen LogP contribution in [0.4, 0.5) is 0 Å². The van der Waals surface area contributed by atoms with Crippen LogP contribution >= 0.6 is 23.4 Å². The second-order valence-corrected chi connectivity index (χ2v) is 6.49. The van der Waals surface area contributed by atoms with Crippen molar-refractivity contribution < 1.29 is 4.79 Å². The van der Waals surface area contributed by atoms with E-state index in [1.807, 2.05) is 24.3 Å². The molecule has 1 amide bonds. The molecule has 1 aliphatic rings. The summed E-state index contributed by atoms with van der Waals surface area (Å²) in [5.74, 6) is 1.06. The van der Waals surface area contributed by atoms with Crippen molar-refractivity contribution in [3.63, 3.8) is 0 Å². The minimum Gasteiger partial charge on any atom is -0.337 e. The Balaban J connectivity index is 1.77. The number of amides is 1. The summed E-state index contributed by atoms with van der Waals surface area (Å²) < 4.78 is 0. The van der Waals surface area contributed by atoms with Crippen LogP contribution in [0.5, 0.6) is 0 Å². The third kappa shape index (κ3) is 4.16. The third-order valence-electron chi connectivity index (χ3n) is 3.44. The number of carbonyl (C=O) groups is 1. The molecule has 1 N–H and O–H groups in total. The predicted octanol–water partition coefficient (Wildman–Crippen LogP) is 3.53. The van der Waals surface area contributed by atoms with Crippen LogP contribution < -0.4 is 5.32 Å². The van der Waals surface area contributed by atoms with Gasteiger partial charge in [-0.1, -0.05) is 23.7 Å². The lowest BCUT2D eigenvalue weighted by Crippen LogP contribution is -2.45. The van der Waals surface area contributed by atoms with Crippen LogP contribution in [-0.4, -0.2) is 17.2 Å². The first-order chi connectivity index (χ1) is 9.63. The summed E-state index contributed by atoms with van der Waals surface area (Å²) in [6.45, 7) is 0. The van der Waals surface area contributed by atoms with Crippen molar-refractivity contribution in [2.75, 3.05) is 5.75 Å². The fourth-order valence-electron chi connectivity index (χ4n) is 2.43. The number of benzene rings is 1. The van der Waals surface area contributed by atoms with E-state index in [1.165, 1.54) is 11.8 Å². The van der Waals surface area contributed by atoms with Crippen molar-refractivity contribution in [1.29, 1.82) is 5.26 Å². The van der Waals surface area contributed by atoms with Crippen LogP contribution in [0.2, 0.25) is 5.02 Å². The molecule has 5 heteroatoms. The monoisotopic (exact) mass is 308 g/mol. The summed E-state index contributed by atoms with van der Waals surface area (Å²) in [4.78, 5) is 11.9. The topological polar surface area (TPSA) is 52.9 Å². The smallest absolute Gasteiger partial charge is 0.231 e. The van der Waals surface area contributed by atoms with E-state index < -0.39 is 5.54 Å². The molecule has 1 fully saturated rings. The first-order valence-electron chi connectivity index (χ1n) is 6.68. The van der Waals surface area contributed by atoms with Crippen LogP contribution in [0.1, 0.15) is 31.2 Å². The van der Waals surface area contributed by atoms with Gasteiger partial charge in [0.2, 0.25) is 5.91 Å². The van der Waals surface area contributed by atoms with Crippen LogP contribution in [-0.2, 0) is 10.5 Å². The summed E-state index contributed by atoms with van der Waals surface area (Å²) in [5.41, 5.74) is 0.486. The van der Waals surface area contributed by atoms with E-state index in [0.717, 1.165) is 37.0 Å². The highest BCUT2D eigenvalue weighted by atomic mass is 35.5. The van der Waals surface area contributed by atoms with E-state index in [1.54, 1.807) is 0 Å². The van der Waals surface area contributed by atoms with Gasteiger partial charge in [-0.3, -0.25) is 4.79 Å². The molecule has 0 radical (unpaired) electrons. The maximum absolute atomic E-state index is 11.9. The number of thioether (sulfide) groups is 1. The van der Waals surface area contributed by atoms with Gasteiger partial charge in [0.05, 0.1) is 11.8 Å². The van der Waals surface area contributed by atoms with Crippen molar-refractivity contribution in [1.82, 2.24) is 5.32 Å². The van der Waals surface area contributed by atoms with Crippen molar-refractivity contribution in [3.8, 4) is 6.07 Å². The second kappa shape index (κ2) is 7.01. The van der Waals surface area contributed by atoms with Gasteiger partial charge < -0.3 is 5.32 Å².